The smallest absolute Gasteiger partial charge is 0.417 e. The number of likely N-dealkylation sites (tertiary alicyclic amines) is 1. The van der Waals surface area contributed by atoms with Gasteiger partial charge in [-0.05, 0) is 50.6 Å². The third kappa shape index (κ3) is 7.87. The van der Waals surface area contributed by atoms with Crippen LogP contribution in [0.4, 0.5) is 18.3 Å². The van der Waals surface area contributed by atoms with E-state index >= 15 is 0 Å². The molecule has 8 nitrogen and oxygen atoms in total. The van der Waals surface area contributed by atoms with Crippen LogP contribution >= 0.6 is 22.9 Å². The van der Waals surface area contributed by atoms with Gasteiger partial charge in [-0.25, -0.2) is 0 Å². The molecule has 2 aliphatic rings. The fourth-order valence-electron chi connectivity index (χ4n) is 4.76. The lowest BCUT2D eigenvalue weighted by Gasteiger charge is -2.29. The van der Waals surface area contributed by atoms with Gasteiger partial charge in [-0.3, -0.25) is 19.4 Å². The summed E-state index contributed by atoms with van der Waals surface area (Å²) in [5.41, 5.74) is -1.06. The van der Waals surface area contributed by atoms with E-state index in [9.17, 15) is 22.8 Å². The van der Waals surface area contributed by atoms with Crippen LogP contribution in [0.5, 0.6) is 5.75 Å². The molecule has 1 fully saturated rings. The molecular weight excluding hydrogens is 581 g/mol. The maximum absolute atomic E-state index is 14.1. The standard InChI is InChI=1S/C28H32ClF3N4O4S/c1-2-3-12-36(25(37)21-6-4-5-7-23(21)29)27-34-33-24(41-27)20-9-8-19(17-22(20)28(30,31)32)40-16-15-35-13-10-18(11-14-35)26(38)39/h4-9,17-18,21,23H,2-3,10-16H2,1H3,(H,38,39). The predicted molar refractivity (Wildman–Crippen MR) is 151 cm³/mol. The van der Waals surface area contributed by atoms with Gasteiger partial charge in [-0.2, -0.15) is 13.2 Å². The molecule has 4 rings (SSSR count). The Balaban J connectivity index is 1.49. The van der Waals surface area contributed by atoms with Crippen LogP contribution in [0, 0.1) is 11.8 Å². The minimum Gasteiger partial charge on any atom is -0.492 e. The minimum atomic E-state index is -4.68. The average molecular weight is 613 g/mol. The summed E-state index contributed by atoms with van der Waals surface area (Å²) in [5.74, 6) is -1.99. The SMILES string of the molecule is CCCCN(C(=O)C1C=CC=CC1Cl)c1nnc(-c2ccc(OCCN3CCC(C(=O)O)CC3)cc2C(F)(F)F)s1. The summed E-state index contributed by atoms with van der Waals surface area (Å²) in [6, 6.07) is 3.71. The number of ether oxygens (including phenoxy) is 1. The monoisotopic (exact) mass is 612 g/mol. The van der Waals surface area contributed by atoms with Crippen LogP contribution in [0.3, 0.4) is 0 Å². The van der Waals surface area contributed by atoms with Crippen molar-refractivity contribution >= 4 is 39.9 Å². The molecule has 222 valence electrons. The third-order valence-electron chi connectivity index (χ3n) is 7.14. The fraction of sp³-hybridized carbons (Fsp3) is 0.500. The van der Waals surface area contributed by atoms with Crippen LogP contribution < -0.4 is 9.64 Å². The molecule has 41 heavy (non-hydrogen) atoms. The number of carboxylic acid groups (broad SMARTS) is 1. The molecule has 0 saturated carbocycles. The van der Waals surface area contributed by atoms with Gasteiger partial charge in [0.15, 0.2) is 0 Å². The summed E-state index contributed by atoms with van der Waals surface area (Å²) in [6.07, 6.45) is 4.80. The largest absolute Gasteiger partial charge is 0.492 e. The highest BCUT2D eigenvalue weighted by molar-refractivity contribution is 7.18. The Morgan fingerprint density at radius 3 is 2.59 bits per heavy atom. The summed E-state index contributed by atoms with van der Waals surface area (Å²) >= 11 is 7.27. The molecule has 2 heterocycles. The third-order valence-corrected chi connectivity index (χ3v) is 8.54. The van der Waals surface area contributed by atoms with Crippen molar-refractivity contribution < 1.29 is 32.6 Å². The van der Waals surface area contributed by atoms with Crippen LogP contribution in [0.1, 0.15) is 38.2 Å². The molecule has 2 unspecified atom stereocenters. The van der Waals surface area contributed by atoms with Crippen LogP contribution in [0.15, 0.2) is 42.5 Å². The molecule has 1 aromatic heterocycles. The molecule has 1 saturated heterocycles. The maximum atomic E-state index is 14.1. The number of carbonyl (C=O) groups excluding carboxylic acids is 1. The second-order valence-corrected chi connectivity index (χ2v) is 11.4. The number of aromatic nitrogens is 2. The zero-order chi connectivity index (χ0) is 29.6. The Kier molecular flexibility index (Phi) is 10.4. The molecule has 0 spiro atoms. The molecular formula is C28H32ClF3N4O4S. The van der Waals surface area contributed by atoms with Gasteiger partial charge in [0.2, 0.25) is 11.0 Å². The second kappa shape index (κ2) is 13.8. The highest BCUT2D eigenvalue weighted by atomic mass is 35.5. The predicted octanol–water partition coefficient (Wildman–Crippen LogP) is 5.88. The van der Waals surface area contributed by atoms with E-state index in [0.29, 0.717) is 45.4 Å². The number of benzene rings is 1. The van der Waals surface area contributed by atoms with Gasteiger partial charge in [0.05, 0.1) is 22.8 Å². The average Bonchev–Trinajstić information content (AvgIpc) is 3.43. The van der Waals surface area contributed by atoms with Crippen molar-refractivity contribution in [2.24, 2.45) is 11.8 Å². The first-order chi connectivity index (χ1) is 19.6. The molecule has 1 aliphatic carbocycles. The van der Waals surface area contributed by atoms with Crippen molar-refractivity contribution in [3.63, 3.8) is 0 Å². The van der Waals surface area contributed by atoms with Crippen molar-refractivity contribution in [2.45, 2.75) is 44.2 Å². The number of aliphatic carboxylic acids is 1. The first-order valence-electron chi connectivity index (χ1n) is 13.5. The van der Waals surface area contributed by atoms with E-state index in [4.69, 9.17) is 21.4 Å². The second-order valence-electron chi connectivity index (χ2n) is 9.98. The number of piperidine rings is 1. The van der Waals surface area contributed by atoms with Gasteiger partial charge in [-0.15, -0.1) is 21.8 Å². The number of allylic oxidation sites excluding steroid dienone is 3. The summed E-state index contributed by atoms with van der Waals surface area (Å²) < 4.78 is 48.0. The normalized spacial score (nSPS) is 19.8. The summed E-state index contributed by atoms with van der Waals surface area (Å²) in [7, 11) is 0. The quantitative estimate of drug-likeness (QED) is 0.317. The lowest BCUT2D eigenvalue weighted by molar-refractivity contribution is -0.143. The molecule has 1 aromatic carbocycles. The maximum Gasteiger partial charge on any atom is 0.417 e. The van der Waals surface area contributed by atoms with Crippen molar-refractivity contribution in [3.8, 4) is 16.3 Å². The van der Waals surface area contributed by atoms with E-state index in [1.54, 1.807) is 24.3 Å². The van der Waals surface area contributed by atoms with Gasteiger partial charge < -0.3 is 9.84 Å². The highest BCUT2D eigenvalue weighted by Crippen LogP contribution is 2.41. The first kappa shape index (κ1) is 31.0. The molecule has 2 aromatic rings. The zero-order valence-corrected chi connectivity index (χ0v) is 24.1. The summed E-state index contributed by atoms with van der Waals surface area (Å²) in [5, 5.41) is 17.0. The number of hydrogen-bond donors (Lipinski definition) is 1. The Morgan fingerprint density at radius 2 is 1.93 bits per heavy atom. The molecule has 1 N–H and O–H groups in total. The van der Waals surface area contributed by atoms with E-state index in [-0.39, 0.29) is 39.9 Å². The number of halogens is 4. The Labute approximate surface area is 245 Å². The Morgan fingerprint density at radius 1 is 1.20 bits per heavy atom. The topological polar surface area (TPSA) is 95.9 Å². The number of rotatable bonds is 11. The molecule has 13 heteroatoms. The summed E-state index contributed by atoms with van der Waals surface area (Å²) in [4.78, 5) is 28.0. The van der Waals surface area contributed by atoms with E-state index in [1.165, 1.54) is 17.0 Å². The molecule has 0 radical (unpaired) electrons. The first-order valence-corrected chi connectivity index (χ1v) is 14.8. The van der Waals surface area contributed by atoms with E-state index in [2.05, 4.69) is 10.2 Å². The summed E-state index contributed by atoms with van der Waals surface area (Å²) in [6.45, 7) is 4.16. The fourth-order valence-corrected chi connectivity index (χ4v) is 5.95. The van der Waals surface area contributed by atoms with Crippen molar-refractivity contribution in [1.29, 1.82) is 0 Å². The number of anilines is 1. The van der Waals surface area contributed by atoms with E-state index < -0.39 is 29.0 Å². The van der Waals surface area contributed by atoms with Crippen molar-refractivity contribution in [1.82, 2.24) is 15.1 Å². The Bertz CT molecular complexity index is 1280. The molecule has 2 atom stereocenters. The number of hydrogen-bond acceptors (Lipinski definition) is 7. The zero-order valence-electron chi connectivity index (χ0n) is 22.5. The van der Waals surface area contributed by atoms with E-state index in [0.717, 1.165) is 23.8 Å². The highest BCUT2D eigenvalue weighted by Gasteiger charge is 2.36. The number of carbonyl (C=O) groups is 2. The lowest BCUT2D eigenvalue weighted by Crippen LogP contribution is -2.39. The van der Waals surface area contributed by atoms with Crippen LogP contribution in [0.2, 0.25) is 0 Å². The van der Waals surface area contributed by atoms with Crippen LogP contribution in [0.25, 0.3) is 10.6 Å². The van der Waals surface area contributed by atoms with E-state index in [1.807, 2.05) is 11.8 Å². The van der Waals surface area contributed by atoms with Crippen molar-refractivity contribution in [3.05, 3.63) is 48.1 Å². The number of alkyl halides is 4. The van der Waals surface area contributed by atoms with Gasteiger partial charge in [0.1, 0.15) is 17.4 Å². The number of unbranched alkanes of at least 4 members (excludes halogenated alkanes) is 1. The van der Waals surface area contributed by atoms with Gasteiger partial charge in [-0.1, -0.05) is 49.0 Å². The molecule has 1 aliphatic heterocycles. The van der Waals surface area contributed by atoms with Gasteiger partial charge in [0, 0.05) is 18.7 Å². The molecule has 1 amide bonds. The van der Waals surface area contributed by atoms with Gasteiger partial charge in [0.25, 0.3) is 0 Å². The number of nitrogens with zero attached hydrogens (tertiary/aromatic N) is 4. The number of amides is 1. The Hall–Kier alpha value is -2.96. The van der Waals surface area contributed by atoms with Crippen LogP contribution in [-0.4, -0.2) is 70.2 Å². The molecule has 0 bridgehead atoms. The van der Waals surface area contributed by atoms with Crippen LogP contribution in [-0.2, 0) is 15.8 Å². The minimum absolute atomic E-state index is 0.0379. The lowest BCUT2D eigenvalue weighted by atomic mass is 9.97. The van der Waals surface area contributed by atoms with Gasteiger partial charge >= 0.3 is 12.1 Å². The van der Waals surface area contributed by atoms with Crippen molar-refractivity contribution in [2.75, 3.05) is 37.7 Å². The number of carboxylic acids is 1.